The topological polar surface area (TPSA) is 62.7 Å². The first kappa shape index (κ1) is 17.4. The molecule has 0 aliphatic heterocycles. The van der Waals surface area contributed by atoms with E-state index in [1.165, 1.54) is 0 Å². The van der Waals surface area contributed by atoms with Crippen molar-refractivity contribution in [3.8, 4) is 5.88 Å². The molecule has 0 aromatic carbocycles. The fraction of sp³-hybridized carbons (Fsp3) is 0.625. The Bertz CT molecular complexity index is 469. The molecule has 1 heterocycles. The molecule has 1 aromatic heterocycles. The first-order chi connectivity index (χ1) is 9.76. The molecule has 0 aliphatic carbocycles. The largest absolute Gasteiger partial charge is 0.475 e. The van der Waals surface area contributed by atoms with E-state index in [0.717, 1.165) is 6.42 Å². The molecule has 5 nitrogen and oxygen atoms in total. The van der Waals surface area contributed by atoms with Gasteiger partial charge >= 0.3 is 0 Å². The third-order valence-corrected chi connectivity index (χ3v) is 3.13. The van der Waals surface area contributed by atoms with Gasteiger partial charge in [-0.15, -0.1) is 0 Å². The van der Waals surface area contributed by atoms with Crippen LogP contribution in [0.15, 0.2) is 18.3 Å². The van der Waals surface area contributed by atoms with E-state index in [4.69, 9.17) is 4.74 Å². The number of ether oxygens (including phenoxy) is 1. The highest BCUT2D eigenvalue weighted by Gasteiger charge is 2.22. The van der Waals surface area contributed by atoms with Gasteiger partial charge in [-0.25, -0.2) is 4.98 Å². The number of pyridine rings is 1. The summed E-state index contributed by atoms with van der Waals surface area (Å²) in [4.78, 5) is 18.2. The lowest BCUT2D eigenvalue weighted by atomic mass is 10.1. The summed E-state index contributed by atoms with van der Waals surface area (Å²) < 4.78 is 5.64. The lowest BCUT2D eigenvalue weighted by Gasteiger charge is -2.28. The number of hydrogen-bond donors (Lipinski definition) is 1. The fourth-order valence-electron chi connectivity index (χ4n) is 1.87. The maximum absolute atomic E-state index is 12.5. The van der Waals surface area contributed by atoms with Crippen LogP contribution in [0.1, 0.15) is 51.4 Å². The van der Waals surface area contributed by atoms with E-state index in [1.807, 2.05) is 20.8 Å². The van der Waals surface area contributed by atoms with Crippen LogP contribution in [0.5, 0.6) is 5.88 Å². The predicted octanol–water partition coefficient (Wildman–Crippen LogP) is 2.49. The molecule has 0 spiro atoms. The summed E-state index contributed by atoms with van der Waals surface area (Å²) >= 11 is 0. The van der Waals surface area contributed by atoms with Crippen LogP contribution in [0.4, 0.5) is 0 Å². The highest BCUT2D eigenvalue weighted by molar-refractivity contribution is 5.94. The van der Waals surface area contributed by atoms with Crippen molar-refractivity contribution in [2.75, 3.05) is 13.1 Å². The minimum absolute atomic E-state index is 0.0569. The van der Waals surface area contributed by atoms with Crippen LogP contribution in [0.2, 0.25) is 0 Å². The molecular formula is C16H26N2O3. The molecule has 5 heteroatoms. The van der Waals surface area contributed by atoms with Crippen molar-refractivity contribution in [1.82, 2.24) is 9.88 Å². The molecule has 0 radical (unpaired) electrons. The van der Waals surface area contributed by atoms with E-state index in [1.54, 1.807) is 37.1 Å². The molecule has 1 N–H and O–H groups in total. The Morgan fingerprint density at radius 1 is 1.48 bits per heavy atom. The van der Waals surface area contributed by atoms with E-state index < -0.39 is 5.60 Å². The van der Waals surface area contributed by atoms with Crippen LogP contribution in [0, 0.1) is 0 Å². The molecule has 0 fully saturated rings. The number of carbonyl (C=O) groups is 1. The van der Waals surface area contributed by atoms with Gasteiger partial charge in [-0.2, -0.15) is 0 Å². The fourth-order valence-corrected chi connectivity index (χ4v) is 1.87. The third kappa shape index (κ3) is 5.71. The predicted molar refractivity (Wildman–Crippen MR) is 82.5 cm³/mol. The number of hydrogen-bond acceptors (Lipinski definition) is 4. The molecule has 1 rings (SSSR count). The van der Waals surface area contributed by atoms with Crippen LogP contribution in [-0.4, -0.2) is 45.7 Å². The molecule has 0 saturated carbocycles. The van der Waals surface area contributed by atoms with Crippen molar-refractivity contribution in [1.29, 1.82) is 0 Å². The lowest BCUT2D eigenvalue weighted by Crippen LogP contribution is -2.42. The molecule has 1 unspecified atom stereocenters. The minimum Gasteiger partial charge on any atom is -0.475 e. The SMILES string of the molecule is CCC(C)Oc1cc(C(=O)N(CC)CC(C)(C)O)ccn1. The number of carbonyl (C=O) groups excluding carboxylic acids is 1. The molecule has 118 valence electrons. The van der Waals surface area contributed by atoms with Crippen molar-refractivity contribution in [3.63, 3.8) is 0 Å². The third-order valence-electron chi connectivity index (χ3n) is 3.13. The second-order valence-corrected chi connectivity index (χ2v) is 5.85. The number of aromatic nitrogens is 1. The summed E-state index contributed by atoms with van der Waals surface area (Å²) in [5.74, 6) is 0.325. The first-order valence-electron chi connectivity index (χ1n) is 7.41. The Kier molecular flexibility index (Phi) is 6.15. The zero-order valence-corrected chi connectivity index (χ0v) is 13.6. The standard InChI is InChI=1S/C16H26N2O3/c1-6-12(3)21-14-10-13(8-9-17-14)15(19)18(7-2)11-16(4,5)20/h8-10,12,20H,6-7,11H2,1-5H3. The maximum atomic E-state index is 12.5. The van der Waals surface area contributed by atoms with E-state index in [0.29, 0.717) is 18.0 Å². The first-order valence-corrected chi connectivity index (χ1v) is 7.41. The zero-order valence-electron chi connectivity index (χ0n) is 13.6. The quantitative estimate of drug-likeness (QED) is 0.839. The average Bonchev–Trinajstić information content (AvgIpc) is 2.43. The highest BCUT2D eigenvalue weighted by atomic mass is 16.5. The smallest absolute Gasteiger partial charge is 0.254 e. The maximum Gasteiger partial charge on any atom is 0.254 e. The Hall–Kier alpha value is -1.62. The Labute approximate surface area is 126 Å². The number of amides is 1. The van der Waals surface area contributed by atoms with Gasteiger partial charge in [0, 0.05) is 30.9 Å². The van der Waals surface area contributed by atoms with Gasteiger partial charge in [-0.1, -0.05) is 6.92 Å². The van der Waals surface area contributed by atoms with Gasteiger partial charge < -0.3 is 14.7 Å². The van der Waals surface area contributed by atoms with Crippen molar-refractivity contribution < 1.29 is 14.6 Å². The van der Waals surface area contributed by atoms with Gasteiger partial charge in [0.05, 0.1) is 11.7 Å². The number of nitrogens with zero attached hydrogens (tertiary/aromatic N) is 2. The van der Waals surface area contributed by atoms with Crippen LogP contribution in [0.3, 0.4) is 0 Å². The van der Waals surface area contributed by atoms with E-state index in [2.05, 4.69) is 4.98 Å². The Balaban J connectivity index is 2.88. The van der Waals surface area contributed by atoms with E-state index in [-0.39, 0.29) is 18.6 Å². The summed E-state index contributed by atoms with van der Waals surface area (Å²) in [5, 5.41) is 9.89. The summed E-state index contributed by atoms with van der Waals surface area (Å²) in [6, 6.07) is 3.32. The van der Waals surface area contributed by atoms with E-state index >= 15 is 0 Å². The van der Waals surface area contributed by atoms with Crippen LogP contribution in [-0.2, 0) is 0 Å². The van der Waals surface area contributed by atoms with Crippen LogP contribution >= 0.6 is 0 Å². The highest BCUT2D eigenvalue weighted by Crippen LogP contribution is 2.15. The van der Waals surface area contributed by atoms with Crippen LogP contribution in [0.25, 0.3) is 0 Å². The Morgan fingerprint density at radius 3 is 2.67 bits per heavy atom. The van der Waals surface area contributed by atoms with Crippen molar-refractivity contribution in [2.45, 2.75) is 52.7 Å². The van der Waals surface area contributed by atoms with Gasteiger partial charge in [-0.05, 0) is 40.2 Å². The monoisotopic (exact) mass is 294 g/mol. The molecule has 0 aliphatic rings. The molecule has 1 amide bonds. The molecule has 0 saturated heterocycles. The Morgan fingerprint density at radius 2 is 2.14 bits per heavy atom. The van der Waals surface area contributed by atoms with Crippen molar-refractivity contribution >= 4 is 5.91 Å². The average molecular weight is 294 g/mol. The molecule has 21 heavy (non-hydrogen) atoms. The van der Waals surface area contributed by atoms with Gasteiger partial charge in [0.15, 0.2) is 0 Å². The van der Waals surface area contributed by atoms with Crippen LogP contribution < -0.4 is 4.74 Å². The van der Waals surface area contributed by atoms with E-state index in [9.17, 15) is 9.90 Å². The molecule has 0 bridgehead atoms. The second-order valence-electron chi connectivity index (χ2n) is 5.85. The minimum atomic E-state index is -0.922. The number of aliphatic hydroxyl groups is 1. The second kappa shape index (κ2) is 7.41. The number of likely N-dealkylation sites (N-methyl/N-ethyl adjacent to an activating group) is 1. The van der Waals surface area contributed by atoms with Gasteiger partial charge in [-0.3, -0.25) is 4.79 Å². The summed E-state index contributed by atoms with van der Waals surface area (Å²) in [7, 11) is 0. The normalized spacial score (nSPS) is 12.9. The zero-order chi connectivity index (χ0) is 16.0. The summed E-state index contributed by atoms with van der Waals surface area (Å²) in [6.45, 7) is 10.1. The van der Waals surface area contributed by atoms with Gasteiger partial charge in [0.2, 0.25) is 5.88 Å². The van der Waals surface area contributed by atoms with Gasteiger partial charge in [0.1, 0.15) is 0 Å². The summed E-state index contributed by atoms with van der Waals surface area (Å²) in [6.07, 6.45) is 2.50. The molecule has 1 aromatic rings. The summed E-state index contributed by atoms with van der Waals surface area (Å²) in [5.41, 5.74) is -0.399. The molecule has 1 atom stereocenters. The van der Waals surface area contributed by atoms with Crippen molar-refractivity contribution in [2.24, 2.45) is 0 Å². The lowest BCUT2D eigenvalue weighted by molar-refractivity contribution is 0.0314. The number of rotatable bonds is 7. The van der Waals surface area contributed by atoms with Gasteiger partial charge in [0.25, 0.3) is 5.91 Å². The molecular weight excluding hydrogens is 268 g/mol. The van der Waals surface area contributed by atoms with Crippen molar-refractivity contribution in [3.05, 3.63) is 23.9 Å².